The molecule has 5 nitrogen and oxygen atoms in total. The molecular weight excluding hydrogens is 366 g/mol. The maximum absolute atomic E-state index is 13.7. The Balaban J connectivity index is 1.47. The van der Waals surface area contributed by atoms with Crippen LogP contribution in [0.4, 0.5) is 14.5 Å². The lowest BCUT2D eigenvalue weighted by Crippen LogP contribution is -2.42. The first-order valence-corrected chi connectivity index (χ1v) is 9.24. The van der Waals surface area contributed by atoms with E-state index in [2.05, 4.69) is 5.32 Å². The number of aromatic carboxylic acids is 1. The Kier molecular flexibility index (Phi) is 6.23. The third kappa shape index (κ3) is 5.06. The number of aryl methyl sites for hydroxylation is 1. The van der Waals surface area contributed by atoms with E-state index >= 15 is 0 Å². The molecule has 2 N–H and O–H groups in total. The molecule has 0 atom stereocenters. The molecule has 1 amide bonds. The molecule has 0 bridgehead atoms. The van der Waals surface area contributed by atoms with Gasteiger partial charge in [0.1, 0.15) is 11.6 Å². The first-order chi connectivity index (χ1) is 13.4. The van der Waals surface area contributed by atoms with E-state index in [0.717, 1.165) is 24.6 Å². The molecule has 1 aliphatic rings. The second-order valence-corrected chi connectivity index (χ2v) is 6.92. The van der Waals surface area contributed by atoms with Crippen molar-refractivity contribution in [3.8, 4) is 0 Å². The number of halogens is 2. The predicted molar refractivity (Wildman–Crippen MR) is 101 cm³/mol. The van der Waals surface area contributed by atoms with Crippen molar-refractivity contribution < 1.29 is 23.5 Å². The average Bonchev–Trinajstić information content (AvgIpc) is 2.68. The molecule has 0 unspecified atom stereocenters. The van der Waals surface area contributed by atoms with Gasteiger partial charge in [-0.15, -0.1) is 0 Å². The number of nitrogens with one attached hydrogen (secondary N) is 1. The molecule has 148 valence electrons. The van der Waals surface area contributed by atoms with E-state index in [-0.39, 0.29) is 30.4 Å². The average molecular weight is 388 g/mol. The Morgan fingerprint density at radius 1 is 1.11 bits per heavy atom. The molecule has 1 heterocycles. The van der Waals surface area contributed by atoms with Crippen molar-refractivity contribution in [2.24, 2.45) is 0 Å². The van der Waals surface area contributed by atoms with Crippen molar-refractivity contribution in [2.45, 2.75) is 31.7 Å². The van der Waals surface area contributed by atoms with Gasteiger partial charge in [0, 0.05) is 37.3 Å². The molecule has 1 aliphatic heterocycles. The van der Waals surface area contributed by atoms with Crippen LogP contribution in [0.2, 0.25) is 0 Å². The normalized spacial score (nSPS) is 14.7. The fourth-order valence-corrected chi connectivity index (χ4v) is 3.38. The molecule has 2 aromatic rings. The molecule has 1 saturated heterocycles. The minimum atomic E-state index is -0.971. The van der Waals surface area contributed by atoms with Crippen LogP contribution in [-0.4, -0.2) is 41.0 Å². The van der Waals surface area contributed by atoms with Crippen LogP contribution < -0.4 is 5.32 Å². The summed E-state index contributed by atoms with van der Waals surface area (Å²) in [5.74, 6) is -2.27. The van der Waals surface area contributed by atoms with E-state index in [1.807, 2.05) is 6.07 Å². The number of rotatable bonds is 6. The number of benzene rings is 2. The number of likely N-dealkylation sites (tertiary alicyclic amines) is 1. The lowest BCUT2D eigenvalue weighted by Gasteiger charge is -2.33. The number of anilines is 1. The van der Waals surface area contributed by atoms with Crippen molar-refractivity contribution in [1.29, 1.82) is 0 Å². The second kappa shape index (κ2) is 8.82. The summed E-state index contributed by atoms with van der Waals surface area (Å²) in [6.07, 6.45) is 1.91. The van der Waals surface area contributed by atoms with Crippen molar-refractivity contribution in [2.75, 3.05) is 18.4 Å². The molecule has 1 fully saturated rings. The lowest BCUT2D eigenvalue weighted by molar-refractivity contribution is -0.132. The van der Waals surface area contributed by atoms with Gasteiger partial charge in [-0.3, -0.25) is 4.79 Å². The number of hydrogen-bond acceptors (Lipinski definition) is 3. The Labute approximate surface area is 162 Å². The van der Waals surface area contributed by atoms with E-state index in [1.165, 1.54) is 12.1 Å². The fourth-order valence-electron chi connectivity index (χ4n) is 3.38. The summed E-state index contributed by atoms with van der Waals surface area (Å²) in [5.41, 5.74) is 1.31. The number of carbonyl (C=O) groups is 2. The van der Waals surface area contributed by atoms with Gasteiger partial charge < -0.3 is 15.3 Å². The smallest absolute Gasteiger partial charge is 0.335 e. The fraction of sp³-hybridized carbons (Fsp3) is 0.333. The maximum Gasteiger partial charge on any atom is 0.335 e. The van der Waals surface area contributed by atoms with E-state index < -0.39 is 17.6 Å². The maximum atomic E-state index is 13.7. The van der Waals surface area contributed by atoms with Gasteiger partial charge in [0.05, 0.1) is 5.56 Å². The van der Waals surface area contributed by atoms with Crippen molar-refractivity contribution in [1.82, 2.24) is 4.90 Å². The number of carboxylic acid groups (broad SMARTS) is 1. The van der Waals surface area contributed by atoms with Crippen LogP contribution >= 0.6 is 0 Å². The summed E-state index contributed by atoms with van der Waals surface area (Å²) in [5, 5.41) is 12.4. The van der Waals surface area contributed by atoms with Crippen LogP contribution in [0, 0.1) is 11.6 Å². The van der Waals surface area contributed by atoms with Gasteiger partial charge in [-0.05, 0) is 49.1 Å². The van der Waals surface area contributed by atoms with Crippen LogP contribution in [0.3, 0.4) is 0 Å². The van der Waals surface area contributed by atoms with Gasteiger partial charge in [0.25, 0.3) is 0 Å². The van der Waals surface area contributed by atoms with Crippen LogP contribution in [0.25, 0.3) is 0 Å². The highest BCUT2D eigenvalue weighted by Gasteiger charge is 2.23. The third-order valence-electron chi connectivity index (χ3n) is 4.95. The summed E-state index contributed by atoms with van der Waals surface area (Å²) in [7, 11) is 0. The summed E-state index contributed by atoms with van der Waals surface area (Å²) in [6.45, 7) is 1.17. The molecular formula is C21H22F2N2O3. The topological polar surface area (TPSA) is 69.6 Å². The standard InChI is InChI=1S/C21H22F2N2O3/c22-16-6-4-14(19(23)13-16)5-7-20(26)25-10-8-17(9-11-25)24-18-3-1-2-15(12-18)21(27)28/h1-4,6,12-13,17,24H,5,7-11H2,(H,27,28). The molecule has 0 aromatic heterocycles. The quantitative estimate of drug-likeness (QED) is 0.792. The van der Waals surface area contributed by atoms with Gasteiger partial charge in [0.15, 0.2) is 0 Å². The Morgan fingerprint density at radius 2 is 1.86 bits per heavy atom. The van der Waals surface area contributed by atoms with Gasteiger partial charge in [-0.2, -0.15) is 0 Å². The predicted octanol–water partition coefficient (Wildman–Crippen LogP) is 3.70. The first kappa shape index (κ1) is 19.8. The monoisotopic (exact) mass is 388 g/mol. The highest BCUT2D eigenvalue weighted by Crippen LogP contribution is 2.19. The zero-order valence-electron chi connectivity index (χ0n) is 15.3. The number of piperidine rings is 1. The summed E-state index contributed by atoms with van der Waals surface area (Å²) in [6, 6.07) is 10.2. The Hall–Kier alpha value is -2.96. The van der Waals surface area contributed by atoms with Gasteiger partial charge in [0.2, 0.25) is 5.91 Å². The second-order valence-electron chi connectivity index (χ2n) is 6.92. The van der Waals surface area contributed by atoms with Gasteiger partial charge in [-0.25, -0.2) is 13.6 Å². The van der Waals surface area contributed by atoms with E-state index in [0.29, 0.717) is 18.7 Å². The Morgan fingerprint density at radius 3 is 2.54 bits per heavy atom. The van der Waals surface area contributed by atoms with E-state index in [4.69, 9.17) is 5.11 Å². The zero-order valence-corrected chi connectivity index (χ0v) is 15.3. The number of carbonyl (C=O) groups excluding carboxylic acids is 1. The van der Waals surface area contributed by atoms with Crippen LogP contribution in [-0.2, 0) is 11.2 Å². The van der Waals surface area contributed by atoms with Crippen LogP contribution in [0.5, 0.6) is 0 Å². The molecule has 28 heavy (non-hydrogen) atoms. The molecule has 0 spiro atoms. The number of nitrogens with zero attached hydrogens (tertiary/aromatic N) is 1. The summed E-state index contributed by atoms with van der Waals surface area (Å²) >= 11 is 0. The molecule has 0 saturated carbocycles. The lowest BCUT2D eigenvalue weighted by atomic mass is 10.0. The third-order valence-corrected chi connectivity index (χ3v) is 4.95. The van der Waals surface area contributed by atoms with Gasteiger partial charge >= 0.3 is 5.97 Å². The highest BCUT2D eigenvalue weighted by atomic mass is 19.1. The molecule has 0 radical (unpaired) electrons. The summed E-state index contributed by atoms with van der Waals surface area (Å²) in [4.78, 5) is 25.2. The zero-order chi connectivity index (χ0) is 20.1. The van der Waals surface area contributed by atoms with Crippen LogP contribution in [0.15, 0.2) is 42.5 Å². The SMILES string of the molecule is O=C(O)c1cccc(NC2CCN(C(=O)CCc3ccc(F)cc3F)CC2)c1. The number of hydrogen-bond donors (Lipinski definition) is 2. The first-order valence-electron chi connectivity index (χ1n) is 9.24. The highest BCUT2D eigenvalue weighted by molar-refractivity contribution is 5.88. The molecule has 0 aliphatic carbocycles. The molecule has 2 aromatic carbocycles. The number of amides is 1. The van der Waals surface area contributed by atoms with Gasteiger partial charge in [-0.1, -0.05) is 12.1 Å². The summed E-state index contributed by atoms with van der Waals surface area (Å²) < 4.78 is 26.6. The van der Waals surface area contributed by atoms with E-state index in [1.54, 1.807) is 23.1 Å². The van der Waals surface area contributed by atoms with E-state index in [9.17, 15) is 18.4 Å². The largest absolute Gasteiger partial charge is 0.478 e. The minimum absolute atomic E-state index is 0.0463. The van der Waals surface area contributed by atoms with Crippen molar-refractivity contribution >= 4 is 17.6 Å². The van der Waals surface area contributed by atoms with Crippen LogP contribution in [0.1, 0.15) is 35.2 Å². The van der Waals surface area contributed by atoms with Crippen molar-refractivity contribution in [3.05, 3.63) is 65.2 Å². The number of carboxylic acids is 1. The molecule has 7 heteroatoms. The molecule has 3 rings (SSSR count). The Bertz CT molecular complexity index is 864. The van der Waals surface area contributed by atoms with Crippen molar-refractivity contribution in [3.63, 3.8) is 0 Å². The minimum Gasteiger partial charge on any atom is -0.478 e.